The molecule has 7 heteroatoms. The summed E-state index contributed by atoms with van der Waals surface area (Å²) in [5, 5.41) is 7.50. The van der Waals surface area contributed by atoms with E-state index < -0.39 is 10.0 Å². The minimum atomic E-state index is -3.13. The number of rotatable bonds is 3. The zero-order valence-electron chi connectivity index (χ0n) is 10.7. The highest BCUT2D eigenvalue weighted by Gasteiger charge is 2.29. The number of anilines is 1. The molecule has 1 aromatic heterocycles. The lowest BCUT2D eigenvalue weighted by Crippen LogP contribution is -2.50. The van der Waals surface area contributed by atoms with Gasteiger partial charge in [-0.25, -0.2) is 8.42 Å². The van der Waals surface area contributed by atoms with Crippen molar-refractivity contribution >= 4 is 15.8 Å². The maximum atomic E-state index is 12.0. The number of nitrogens with zero attached hydrogens (tertiary/aromatic N) is 4. The molecule has 1 aliphatic rings. The summed E-state index contributed by atoms with van der Waals surface area (Å²) in [7, 11) is -3.13. The first-order valence-electron chi connectivity index (χ1n) is 6.03. The summed E-state index contributed by atoms with van der Waals surface area (Å²) < 4.78 is 25.6. The average molecular weight is 270 g/mol. The molecule has 1 aliphatic heterocycles. The van der Waals surface area contributed by atoms with Gasteiger partial charge in [0.25, 0.3) is 0 Å². The largest absolute Gasteiger partial charge is 0.352 e. The molecule has 0 saturated carbocycles. The Morgan fingerprint density at radius 2 is 1.89 bits per heavy atom. The molecule has 1 aromatic rings. The maximum absolute atomic E-state index is 12.0. The van der Waals surface area contributed by atoms with E-state index in [-0.39, 0.29) is 5.25 Å². The van der Waals surface area contributed by atoms with Crippen molar-refractivity contribution in [1.29, 1.82) is 0 Å². The molecular weight excluding hydrogens is 252 g/mol. The first-order chi connectivity index (χ1) is 8.51. The van der Waals surface area contributed by atoms with Crippen LogP contribution in [0.1, 0.15) is 13.8 Å². The standard InChI is InChI=1S/C11H18N4O2S/c1-10(2)18(16,17)15-8-6-14(7-9-15)11-4-3-5-12-13-11/h3-5,10H,6-9H2,1-2H3. The van der Waals surface area contributed by atoms with E-state index in [4.69, 9.17) is 0 Å². The first-order valence-corrected chi connectivity index (χ1v) is 7.54. The van der Waals surface area contributed by atoms with E-state index in [9.17, 15) is 8.42 Å². The molecule has 0 atom stereocenters. The average Bonchev–Trinajstić information content (AvgIpc) is 2.40. The van der Waals surface area contributed by atoms with Crippen molar-refractivity contribution in [3.63, 3.8) is 0 Å². The van der Waals surface area contributed by atoms with Gasteiger partial charge in [-0.15, -0.1) is 5.10 Å². The molecule has 0 aliphatic carbocycles. The smallest absolute Gasteiger partial charge is 0.216 e. The SMILES string of the molecule is CC(C)S(=O)(=O)N1CCN(c2cccnn2)CC1. The second-order valence-corrected chi connectivity index (χ2v) is 7.05. The van der Waals surface area contributed by atoms with Crippen LogP contribution >= 0.6 is 0 Å². The van der Waals surface area contributed by atoms with Gasteiger partial charge in [0.2, 0.25) is 10.0 Å². The monoisotopic (exact) mass is 270 g/mol. The molecule has 2 heterocycles. The lowest BCUT2D eigenvalue weighted by Gasteiger charge is -2.35. The highest BCUT2D eigenvalue weighted by molar-refractivity contribution is 7.89. The van der Waals surface area contributed by atoms with E-state index in [1.807, 2.05) is 12.1 Å². The number of sulfonamides is 1. The third kappa shape index (κ3) is 2.62. The van der Waals surface area contributed by atoms with Gasteiger partial charge >= 0.3 is 0 Å². The molecule has 0 amide bonds. The number of piperazine rings is 1. The van der Waals surface area contributed by atoms with Gasteiger partial charge in [0, 0.05) is 32.4 Å². The Labute approximate surface area is 108 Å². The Kier molecular flexibility index (Phi) is 3.82. The highest BCUT2D eigenvalue weighted by Crippen LogP contribution is 2.16. The van der Waals surface area contributed by atoms with E-state index in [1.54, 1.807) is 24.3 Å². The summed E-state index contributed by atoms with van der Waals surface area (Å²) in [6.07, 6.45) is 1.63. The Morgan fingerprint density at radius 1 is 1.22 bits per heavy atom. The molecule has 18 heavy (non-hydrogen) atoms. The summed E-state index contributed by atoms with van der Waals surface area (Å²) in [5.74, 6) is 0.805. The maximum Gasteiger partial charge on any atom is 0.216 e. The second-order valence-electron chi connectivity index (χ2n) is 4.56. The van der Waals surface area contributed by atoms with Gasteiger partial charge in [-0.1, -0.05) is 0 Å². The van der Waals surface area contributed by atoms with E-state index in [1.165, 1.54) is 0 Å². The number of hydrogen-bond donors (Lipinski definition) is 0. The summed E-state index contributed by atoms with van der Waals surface area (Å²) in [6, 6.07) is 3.72. The van der Waals surface area contributed by atoms with Gasteiger partial charge in [0.05, 0.1) is 5.25 Å². The lowest BCUT2D eigenvalue weighted by atomic mass is 10.3. The molecular formula is C11H18N4O2S. The van der Waals surface area contributed by atoms with Crippen LogP contribution in [0.4, 0.5) is 5.82 Å². The van der Waals surface area contributed by atoms with Gasteiger partial charge in [-0.2, -0.15) is 9.40 Å². The predicted molar refractivity (Wildman–Crippen MR) is 69.9 cm³/mol. The van der Waals surface area contributed by atoms with Crippen LogP contribution in [0.15, 0.2) is 18.3 Å². The molecule has 0 unspecified atom stereocenters. The Bertz CT molecular complexity index is 481. The quantitative estimate of drug-likeness (QED) is 0.792. The van der Waals surface area contributed by atoms with Crippen molar-refractivity contribution in [2.45, 2.75) is 19.1 Å². The van der Waals surface area contributed by atoms with Gasteiger partial charge in [-0.3, -0.25) is 0 Å². The molecule has 0 bridgehead atoms. The molecule has 0 spiro atoms. The topological polar surface area (TPSA) is 66.4 Å². The van der Waals surface area contributed by atoms with Crippen molar-refractivity contribution in [1.82, 2.24) is 14.5 Å². The Balaban J connectivity index is 2.01. The second kappa shape index (κ2) is 5.19. The van der Waals surface area contributed by atoms with Crippen molar-refractivity contribution < 1.29 is 8.42 Å². The van der Waals surface area contributed by atoms with Crippen molar-refractivity contribution in [3.8, 4) is 0 Å². The summed E-state index contributed by atoms with van der Waals surface area (Å²) >= 11 is 0. The van der Waals surface area contributed by atoms with E-state index in [0.29, 0.717) is 26.2 Å². The van der Waals surface area contributed by atoms with E-state index in [0.717, 1.165) is 5.82 Å². The summed E-state index contributed by atoms with van der Waals surface area (Å²) in [5.41, 5.74) is 0. The molecule has 6 nitrogen and oxygen atoms in total. The third-order valence-corrected chi connectivity index (χ3v) is 5.35. The van der Waals surface area contributed by atoms with Gasteiger partial charge in [0.15, 0.2) is 5.82 Å². The minimum absolute atomic E-state index is 0.361. The summed E-state index contributed by atoms with van der Waals surface area (Å²) in [6.45, 7) is 5.76. The van der Waals surface area contributed by atoms with Crippen LogP contribution in [0, 0.1) is 0 Å². The van der Waals surface area contributed by atoms with Gasteiger partial charge in [-0.05, 0) is 26.0 Å². The molecule has 1 fully saturated rings. The summed E-state index contributed by atoms with van der Waals surface area (Å²) in [4.78, 5) is 2.05. The van der Waals surface area contributed by atoms with E-state index in [2.05, 4.69) is 15.1 Å². The highest BCUT2D eigenvalue weighted by atomic mass is 32.2. The lowest BCUT2D eigenvalue weighted by molar-refractivity contribution is 0.379. The molecule has 1 saturated heterocycles. The van der Waals surface area contributed by atoms with Gasteiger partial charge in [0.1, 0.15) is 0 Å². The Hall–Kier alpha value is -1.21. The molecule has 100 valence electrons. The Morgan fingerprint density at radius 3 is 2.39 bits per heavy atom. The number of hydrogen-bond acceptors (Lipinski definition) is 5. The predicted octanol–water partition coefficient (Wildman–Crippen LogP) is 0.337. The van der Waals surface area contributed by atoms with Gasteiger partial charge < -0.3 is 4.90 Å². The fraction of sp³-hybridized carbons (Fsp3) is 0.636. The van der Waals surface area contributed by atoms with Crippen LogP contribution in [0.25, 0.3) is 0 Å². The zero-order chi connectivity index (χ0) is 13.2. The third-order valence-electron chi connectivity index (χ3n) is 3.08. The van der Waals surface area contributed by atoms with Crippen LogP contribution in [0.3, 0.4) is 0 Å². The molecule has 0 radical (unpaired) electrons. The van der Waals surface area contributed by atoms with Crippen LogP contribution < -0.4 is 4.90 Å². The first kappa shape index (κ1) is 13.2. The van der Waals surface area contributed by atoms with Crippen molar-refractivity contribution in [3.05, 3.63) is 18.3 Å². The fourth-order valence-electron chi connectivity index (χ4n) is 1.93. The van der Waals surface area contributed by atoms with Crippen molar-refractivity contribution in [2.24, 2.45) is 0 Å². The van der Waals surface area contributed by atoms with Crippen molar-refractivity contribution in [2.75, 3.05) is 31.1 Å². The van der Waals surface area contributed by atoms with Crippen LogP contribution in [-0.2, 0) is 10.0 Å². The fourth-order valence-corrected chi connectivity index (χ4v) is 3.20. The minimum Gasteiger partial charge on any atom is -0.352 e. The van der Waals surface area contributed by atoms with E-state index >= 15 is 0 Å². The molecule has 2 rings (SSSR count). The zero-order valence-corrected chi connectivity index (χ0v) is 11.5. The molecule has 0 aromatic carbocycles. The van der Waals surface area contributed by atoms with Crippen LogP contribution in [0.5, 0.6) is 0 Å². The molecule has 0 N–H and O–H groups in total. The van der Waals surface area contributed by atoms with Crippen LogP contribution in [-0.4, -0.2) is 54.3 Å². The normalized spacial score (nSPS) is 18.3. The van der Waals surface area contributed by atoms with Crippen LogP contribution in [0.2, 0.25) is 0 Å². The number of aromatic nitrogens is 2.